The van der Waals surface area contributed by atoms with Crippen molar-refractivity contribution in [3.05, 3.63) is 77.2 Å². The van der Waals surface area contributed by atoms with E-state index in [1.54, 1.807) is 47.6 Å². The smallest absolute Gasteiger partial charge is 0.254 e. The maximum absolute atomic E-state index is 13.1. The zero-order valence-corrected chi connectivity index (χ0v) is 18.1. The second-order valence-electron chi connectivity index (χ2n) is 7.52. The molecule has 0 spiro atoms. The van der Waals surface area contributed by atoms with Gasteiger partial charge in [-0.3, -0.25) is 9.59 Å². The average molecular weight is 437 g/mol. The first-order valence-electron chi connectivity index (χ1n) is 10.0. The summed E-state index contributed by atoms with van der Waals surface area (Å²) in [5.74, 6) is -0.148. The first-order chi connectivity index (χ1) is 15.0. The van der Waals surface area contributed by atoms with Crippen LogP contribution >= 0.6 is 11.3 Å². The second kappa shape index (κ2) is 8.91. The number of nitrogens with two attached hydrogens (primary N) is 1. The van der Waals surface area contributed by atoms with Crippen LogP contribution in [0.4, 0.5) is 0 Å². The Morgan fingerprint density at radius 1 is 1.16 bits per heavy atom. The highest BCUT2D eigenvalue weighted by molar-refractivity contribution is 7.13. The van der Waals surface area contributed by atoms with Gasteiger partial charge in [-0.05, 0) is 40.8 Å². The van der Waals surface area contributed by atoms with E-state index in [9.17, 15) is 9.59 Å². The molecule has 2 heterocycles. The number of morpholine rings is 1. The van der Waals surface area contributed by atoms with E-state index >= 15 is 0 Å². The summed E-state index contributed by atoms with van der Waals surface area (Å²) >= 11 is 1.67. The topological polar surface area (TPSA) is 81.9 Å². The Balaban J connectivity index is 1.54. The predicted molar refractivity (Wildman–Crippen MR) is 120 cm³/mol. The monoisotopic (exact) mass is 436 g/mol. The summed E-state index contributed by atoms with van der Waals surface area (Å²) in [5.41, 5.74) is 7.06. The van der Waals surface area contributed by atoms with E-state index in [2.05, 4.69) is 6.07 Å². The van der Waals surface area contributed by atoms with Crippen LogP contribution in [-0.2, 0) is 16.0 Å². The van der Waals surface area contributed by atoms with Gasteiger partial charge < -0.3 is 20.1 Å². The van der Waals surface area contributed by atoms with Gasteiger partial charge in [-0.2, -0.15) is 0 Å². The van der Waals surface area contributed by atoms with E-state index in [0.717, 1.165) is 11.1 Å². The lowest BCUT2D eigenvalue weighted by molar-refractivity contribution is -0.153. The van der Waals surface area contributed by atoms with Gasteiger partial charge in [0.05, 0.1) is 20.3 Å². The molecule has 1 atom stereocenters. The van der Waals surface area contributed by atoms with E-state index in [1.807, 2.05) is 35.7 Å². The van der Waals surface area contributed by atoms with E-state index in [1.165, 1.54) is 4.88 Å². The van der Waals surface area contributed by atoms with Crippen molar-refractivity contribution in [1.29, 1.82) is 0 Å². The molecule has 31 heavy (non-hydrogen) atoms. The van der Waals surface area contributed by atoms with Gasteiger partial charge in [0, 0.05) is 23.4 Å². The van der Waals surface area contributed by atoms with Crippen LogP contribution in [0.2, 0.25) is 0 Å². The molecule has 0 bridgehead atoms. The van der Waals surface area contributed by atoms with Crippen LogP contribution in [0.5, 0.6) is 5.75 Å². The molecule has 2 N–H and O–H groups in total. The summed E-state index contributed by atoms with van der Waals surface area (Å²) in [5, 5.41) is 2.04. The second-order valence-corrected chi connectivity index (χ2v) is 8.46. The van der Waals surface area contributed by atoms with Crippen molar-refractivity contribution in [1.82, 2.24) is 4.90 Å². The number of hydrogen-bond donors (Lipinski definition) is 1. The number of ether oxygens (including phenoxy) is 2. The number of thiophene rings is 1. The molecule has 6 nitrogen and oxygen atoms in total. The fourth-order valence-electron chi connectivity index (χ4n) is 3.80. The number of nitrogens with zero attached hydrogens (tertiary/aromatic N) is 1. The summed E-state index contributed by atoms with van der Waals surface area (Å²) < 4.78 is 11.1. The minimum atomic E-state index is -1.27. The Bertz CT molecular complexity index is 1070. The standard InChI is InChI=1S/C24H24N2O4S/c1-29-20-5-2-4-19(14-20)22(27)26-11-12-30-24(16-26,23(25)28)15-17-7-9-18(10-8-17)21-6-3-13-31-21/h2-10,13-14H,11-12,15-16H2,1H3,(H2,25,28)/t24-/m0/s1. The SMILES string of the molecule is COc1cccc(C(=O)N2CCO[C@](Cc3ccc(-c4cccs4)cc3)(C(N)=O)C2)c1. The minimum absolute atomic E-state index is 0.102. The molecule has 7 heteroatoms. The zero-order valence-electron chi connectivity index (χ0n) is 17.2. The van der Waals surface area contributed by atoms with Gasteiger partial charge in [0.25, 0.3) is 11.8 Å². The van der Waals surface area contributed by atoms with E-state index in [4.69, 9.17) is 15.2 Å². The predicted octanol–water partition coefficient (Wildman–Crippen LogP) is 3.36. The van der Waals surface area contributed by atoms with Crippen LogP contribution in [0.3, 0.4) is 0 Å². The highest BCUT2D eigenvalue weighted by Crippen LogP contribution is 2.28. The van der Waals surface area contributed by atoms with Crippen molar-refractivity contribution in [2.45, 2.75) is 12.0 Å². The molecule has 1 aliphatic heterocycles. The quantitative estimate of drug-likeness (QED) is 0.642. The van der Waals surface area contributed by atoms with Crippen LogP contribution < -0.4 is 10.5 Å². The molecular weight excluding hydrogens is 412 g/mol. The third-order valence-corrected chi connectivity index (χ3v) is 6.41. The molecule has 160 valence electrons. The van der Waals surface area contributed by atoms with E-state index in [-0.39, 0.29) is 19.1 Å². The van der Waals surface area contributed by atoms with Crippen molar-refractivity contribution in [3.63, 3.8) is 0 Å². The Hall–Kier alpha value is -3.16. The highest BCUT2D eigenvalue weighted by atomic mass is 32.1. The lowest BCUT2D eigenvalue weighted by Crippen LogP contribution is -2.61. The van der Waals surface area contributed by atoms with Crippen LogP contribution in [-0.4, -0.2) is 49.1 Å². The summed E-state index contributed by atoms with van der Waals surface area (Å²) in [7, 11) is 1.56. The number of primary amides is 1. The normalized spacial score (nSPS) is 18.5. The van der Waals surface area contributed by atoms with Gasteiger partial charge in [0.2, 0.25) is 0 Å². The molecule has 0 radical (unpaired) electrons. The van der Waals surface area contributed by atoms with Gasteiger partial charge in [0.15, 0.2) is 5.60 Å². The van der Waals surface area contributed by atoms with Gasteiger partial charge in [-0.1, -0.05) is 36.4 Å². The van der Waals surface area contributed by atoms with Crippen molar-refractivity contribution in [2.75, 3.05) is 26.8 Å². The van der Waals surface area contributed by atoms with Crippen LogP contribution in [0.15, 0.2) is 66.0 Å². The van der Waals surface area contributed by atoms with Gasteiger partial charge >= 0.3 is 0 Å². The molecule has 4 rings (SSSR count). The van der Waals surface area contributed by atoms with Gasteiger partial charge in [-0.15, -0.1) is 11.3 Å². The van der Waals surface area contributed by atoms with E-state index in [0.29, 0.717) is 24.3 Å². The molecular formula is C24H24N2O4S. The molecule has 0 aliphatic carbocycles. The number of carbonyl (C=O) groups excluding carboxylic acids is 2. The molecule has 3 aromatic rings. The van der Waals surface area contributed by atoms with Crippen molar-refractivity contribution >= 4 is 23.2 Å². The Morgan fingerprint density at radius 3 is 2.65 bits per heavy atom. The Kier molecular flexibility index (Phi) is 6.06. The molecule has 1 saturated heterocycles. The number of benzene rings is 2. The fourth-order valence-corrected chi connectivity index (χ4v) is 4.53. The minimum Gasteiger partial charge on any atom is -0.497 e. The number of amides is 2. The summed E-state index contributed by atoms with van der Waals surface area (Å²) in [6, 6.07) is 19.1. The molecule has 2 aromatic carbocycles. The third kappa shape index (κ3) is 4.47. The lowest BCUT2D eigenvalue weighted by atomic mass is 9.90. The van der Waals surface area contributed by atoms with Gasteiger partial charge in [0.1, 0.15) is 5.75 Å². The first-order valence-corrected chi connectivity index (χ1v) is 10.9. The van der Waals surface area contributed by atoms with Crippen molar-refractivity contribution in [3.8, 4) is 16.2 Å². The number of methoxy groups -OCH3 is 1. The molecule has 0 saturated carbocycles. The number of carbonyl (C=O) groups is 2. The summed E-state index contributed by atoms with van der Waals surface area (Å²) in [6.45, 7) is 0.735. The Labute approximate surface area is 185 Å². The van der Waals surface area contributed by atoms with Gasteiger partial charge in [-0.25, -0.2) is 0 Å². The van der Waals surface area contributed by atoms with Crippen molar-refractivity contribution < 1.29 is 19.1 Å². The lowest BCUT2D eigenvalue weighted by Gasteiger charge is -2.40. The average Bonchev–Trinajstić information content (AvgIpc) is 3.34. The van der Waals surface area contributed by atoms with Crippen LogP contribution in [0, 0.1) is 0 Å². The molecule has 0 unspecified atom stereocenters. The molecule has 1 aromatic heterocycles. The largest absolute Gasteiger partial charge is 0.497 e. The van der Waals surface area contributed by atoms with Crippen LogP contribution in [0.25, 0.3) is 10.4 Å². The molecule has 2 amide bonds. The maximum Gasteiger partial charge on any atom is 0.254 e. The van der Waals surface area contributed by atoms with E-state index < -0.39 is 11.5 Å². The van der Waals surface area contributed by atoms with Crippen molar-refractivity contribution in [2.24, 2.45) is 5.73 Å². The number of rotatable bonds is 6. The summed E-state index contributed by atoms with van der Waals surface area (Å²) in [4.78, 5) is 28.4. The Morgan fingerprint density at radius 2 is 1.97 bits per heavy atom. The third-order valence-electron chi connectivity index (χ3n) is 5.49. The first kappa shape index (κ1) is 21.1. The number of hydrogen-bond acceptors (Lipinski definition) is 5. The van der Waals surface area contributed by atoms with Crippen LogP contribution in [0.1, 0.15) is 15.9 Å². The zero-order chi connectivity index (χ0) is 21.8. The highest BCUT2D eigenvalue weighted by Gasteiger charge is 2.44. The molecule has 1 aliphatic rings. The molecule has 1 fully saturated rings. The fraction of sp³-hybridized carbons (Fsp3) is 0.250. The maximum atomic E-state index is 13.1. The summed E-state index contributed by atoms with van der Waals surface area (Å²) in [6.07, 6.45) is 0.301.